The van der Waals surface area contributed by atoms with E-state index in [4.69, 9.17) is 0 Å². The van der Waals surface area contributed by atoms with E-state index in [2.05, 4.69) is 6.92 Å². The predicted octanol–water partition coefficient (Wildman–Crippen LogP) is 6.69. The minimum Gasteiger partial charge on any atom is -0.303 e. The summed E-state index contributed by atoms with van der Waals surface area (Å²) in [5, 5.41) is 0. The van der Waals surface area contributed by atoms with E-state index in [0.29, 0.717) is 11.8 Å². The standard InChI is InChI=1S/C21H38O/c1-2-3-4-5-12-17-21(18-22,19-13-8-6-9-14-19)20-15-10-7-11-16-20/h18-20H,2-17H2,1H3. The third-order valence-corrected chi connectivity index (χ3v) is 6.66. The highest BCUT2D eigenvalue weighted by molar-refractivity contribution is 5.60. The SMILES string of the molecule is CCCCCCCC(C=O)(C1CCCCC1)C1CCCCC1. The smallest absolute Gasteiger partial charge is 0.126 e. The van der Waals surface area contributed by atoms with Crippen LogP contribution in [-0.2, 0) is 4.79 Å². The summed E-state index contributed by atoms with van der Waals surface area (Å²) in [6, 6.07) is 0. The lowest BCUT2D eigenvalue weighted by Gasteiger charge is -2.46. The van der Waals surface area contributed by atoms with Gasteiger partial charge in [0.05, 0.1) is 0 Å². The average Bonchev–Trinajstić information content (AvgIpc) is 2.60. The Labute approximate surface area is 138 Å². The maximum absolute atomic E-state index is 12.3. The Hall–Kier alpha value is -0.330. The Bertz CT molecular complexity index is 279. The van der Waals surface area contributed by atoms with E-state index in [1.54, 1.807) is 0 Å². The normalized spacial score (nSPS) is 21.9. The quantitative estimate of drug-likeness (QED) is 0.342. The number of aldehydes is 1. The van der Waals surface area contributed by atoms with Crippen molar-refractivity contribution in [3.05, 3.63) is 0 Å². The summed E-state index contributed by atoms with van der Waals surface area (Å²) in [5.41, 5.74) is 0.0487. The van der Waals surface area contributed by atoms with Crippen LogP contribution in [0.25, 0.3) is 0 Å². The van der Waals surface area contributed by atoms with Crippen molar-refractivity contribution in [2.75, 3.05) is 0 Å². The number of hydrogen-bond acceptors (Lipinski definition) is 1. The molecule has 0 unspecified atom stereocenters. The van der Waals surface area contributed by atoms with Gasteiger partial charge < -0.3 is 4.79 Å². The molecule has 1 nitrogen and oxygen atoms in total. The highest BCUT2D eigenvalue weighted by Gasteiger charge is 2.44. The molecule has 2 rings (SSSR count). The lowest BCUT2D eigenvalue weighted by Crippen LogP contribution is -2.41. The van der Waals surface area contributed by atoms with Gasteiger partial charge in [0, 0.05) is 5.41 Å². The van der Waals surface area contributed by atoms with Crippen molar-refractivity contribution >= 4 is 6.29 Å². The Morgan fingerprint density at radius 1 is 0.773 bits per heavy atom. The molecule has 2 aliphatic carbocycles. The van der Waals surface area contributed by atoms with E-state index in [1.165, 1.54) is 109 Å². The zero-order valence-corrected chi connectivity index (χ0v) is 15.0. The molecule has 128 valence electrons. The molecule has 0 amide bonds. The van der Waals surface area contributed by atoms with Gasteiger partial charge in [-0.15, -0.1) is 0 Å². The molecule has 0 atom stereocenters. The molecule has 0 heterocycles. The van der Waals surface area contributed by atoms with Crippen molar-refractivity contribution in [1.29, 1.82) is 0 Å². The van der Waals surface area contributed by atoms with Gasteiger partial charge in [0.25, 0.3) is 0 Å². The Kier molecular flexibility index (Phi) is 7.97. The summed E-state index contributed by atoms with van der Waals surface area (Å²) >= 11 is 0. The molecule has 0 aromatic heterocycles. The summed E-state index contributed by atoms with van der Waals surface area (Å²) in [6.45, 7) is 2.28. The lowest BCUT2D eigenvalue weighted by atomic mass is 9.57. The fraction of sp³-hybridized carbons (Fsp3) is 0.952. The number of rotatable bonds is 9. The molecule has 2 aliphatic rings. The highest BCUT2D eigenvalue weighted by atomic mass is 16.1. The van der Waals surface area contributed by atoms with E-state index >= 15 is 0 Å². The van der Waals surface area contributed by atoms with Crippen LogP contribution in [-0.4, -0.2) is 6.29 Å². The number of unbranched alkanes of at least 4 members (excludes halogenated alkanes) is 4. The molecular formula is C21H38O. The molecule has 2 saturated carbocycles. The second-order valence-corrected chi connectivity index (χ2v) is 8.06. The monoisotopic (exact) mass is 306 g/mol. The fourth-order valence-corrected chi connectivity index (χ4v) is 5.31. The van der Waals surface area contributed by atoms with Crippen molar-refractivity contribution in [3.8, 4) is 0 Å². The van der Waals surface area contributed by atoms with Gasteiger partial charge in [0.2, 0.25) is 0 Å². The van der Waals surface area contributed by atoms with Gasteiger partial charge in [-0.1, -0.05) is 77.6 Å². The van der Waals surface area contributed by atoms with E-state index in [0.717, 1.165) is 0 Å². The van der Waals surface area contributed by atoms with Crippen LogP contribution in [0.15, 0.2) is 0 Å². The van der Waals surface area contributed by atoms with Crippen molar-refractivity contribution in [1.82, 2.24) is 0 Å². The van der Waals surface area contributed by atoms with Gasteiger partial charge in [-0.3, -0.25) is 0 Å². The fourth-order valence-electron chi connectivity index (χ4n) is 5.31. The Morgan fingerprint density at radius 3 is 1.73 bits per heavy atom. The zero-order valence-electron chi connectivity index (χ0n) is 15.0. The van der Waals surface area contributed by atoms with Gasteiger partial charge >= 0.3 is 0 Å². The highest BCUT2D eigenvalue weighted by Crippen LogP contribution is 2.50. The average molecular weight is 307 g/mol. The van der Waals surface area contributed by atoms with Crippen molar-refractivity contribution < 1.29 is 4.79 Å². The first-order valence-corrected chi connectivity index (χ1v) is 10.3. The summed E-state index contributed by atoms with van der Waals surface area (Å²) in [4.78, 5) is 12.3. The summed E-state index contributed by atoms with van der Waals surface area (Å²) in [7, 11) is 0. The molecule has 1 heteroatoms. The Balaban J connectivity index is 2.01. The van der Waals surface area contributed by atoms with Crippen molar-refractivity contribution in [3.63, 3.8) is 0 Å². The molecule has 0 aliphatic heterocycles. The molecule has 0 aromatic rings. The number of hydrogen-bond donors (Lipinski definition) is 0. The second kappa shape index (κ2) is 9.73. The van der Waals surface area contributed by atoms with Crippen LogP contribution < -0.4 is 0 Å². The van der Waals surface area contributed by atoms with Crippen LogP contribution in [0.4, 0.5) is 0 Å². The van der Waals surface area contributed by atoms with Gasteiger partial charge in [-0.05, 0) is 43.9 Å². The molecule has 2 fully saturated rings. The first kappa shape index (κ1) is 18.0. The predicted molar refractivity (Wildman–Crippen MR) is 95.0 cm³/mol. The summed E-state index contributed by atoms with van der Waals surface area (Å²) < 4.78 is 0. The second-order valence-electron chi connectivity index (χ2n) is 8.06. The number of carbonyl (C=O) groups is 1. The van der Waals surface area contributed by atoms with Gasteiger partial charge in [-0.25, -0.2) is 0 Å². The van der Waals surface area contributed by atoms with Crippen LogP contribution in [0.5, 0.6) is 0 Å². The summed E-state index contributed by atoms with van der Waals surface area (Å²) in [5.74, 6) is 1.40. The minimum absolute atomic E-state index is 0.0487. The Morgan fingerprint density at radius 2 is 1.27 bits per heavy atom. The van der Waals surface area contributed by atoms with Crippen LogP contribution >= 0.6 is 0 Å². The van der Waals surface area contributed by atoms with Gasteiger partial charge in [0.15, 0.2) is 0 Å². The van der Waals surface area contributed by atoms with E-state index < -0.39 is 0 Å². The van der Waals surface area contributed by atoms with Crippen molar-refractivity contribution in [2.24, 2.45) is 17.3 Å². The molecule has 0 radical (unpaired) electrons. The first-order valence-electron chi connectivity index (χ1n) is 10.3. The molecule has 0 bridgehead atoms. The van der Waals surface area contributed by atoms with E-state index in [9.17, 15) is 4.79 Å². The lowest BCUT2D eigenvalue weighted by molar-refractivity contribution is -0.126. The molecule has 0 aromatic carbocycles. The largest absolute Gasteiger partial charge is 0.303 e. The van der Waals surface area contributed by atoms with Crippen LogP contribution in [0.2, 0.25) is 0 Å². The van der Waals surface area contributed by atoms with Crippen LogP contribution in [0.1, 0.15) is 110 Å². The molecule has 0 saturated heterocycles. The molecule has 22 heavy (non-hydrogen) atoms. The van der Waals surface area contributed by atoms with Gasteiger partial charge in [0.1, 0.15) is 6.29 Å². The molecule has 0 N–H and O–H groups in total. The third-order valence-electron chi connectivity index (χ3n) is 6.66. The van der Waals surface area contributed by atoms with Crippen LogP contribution in [0, 0.1) is 17.3 Å². The van der Waals surface area contributed by atoms with Crippen LogP contribution in [0.3, 0.4) is 0 Å². The maximum atomic E-state index is 12.3. The summed E-state index contributed by atoms with van der Waals surface area (Å²) in [6.07, 6.45) is 22.8. The number of carbonyl (C=O) groups excluding carboxylic acids is 1. The topological polar surface area (TPSA) is 17.1 Å². The third kappa shape index (κ3) is 4.59. The maximum Gasteiger partial charge on any atom is 0.126 e. The van der Waals surface area contributed by atoms with E-state index in [1.807, 2.05) is 0 Å². The van der Waals surface area contributed by atoms with Gasteiger partial charge in [-0.2, -0.15) is 0 Å². The molecular weight excluding hydrogens is 268 g/mol. The first-order chi connectivity index (χ1) is 10.8. The zero-order chi connectivity index (χ0) is 15.7. The van der Waals surface area contributed by atoms with E-state index in [-0.39, 0.29) is 5.41 Å². The van der Waals surface area contributed by atoms with Crippen molar-refractivity contribution in [2.45, 2.75) is 110 Å². The minimum atomic E-state index is 0.0487. The molecule has 0 spiro atoms.